The van der Waals surface area contributed by atoms with Crippen LogP contribution in [0.1, 0.15) is 26.2 Å². The molecule has 1 rings (SSSR count). The first-order chi connectivity index (χ1) is 7.22. The first-order valence-electron chi connectivity index (χ1n) is 5.82. The van der Waals surface area contributed by atoms with Gasteiger partial charge in [0.2, 0.25) is 5.91 Å². The van der Waals surface area contributed by atoms with Crippen molar-refractivity contribution in [1.82, 2.24) is 10.2 Å². The molecule has 3 nitrogen and oxygen atoms in total. The average molecular weight is 230 g/mol. The molecule has 1 unspecified atom stereocenters. The van der Waals surface area contributed by atoms with E-state index in [1.54, 1.807) is 0 Å². The van der Waals surface area contributed by atoms with Crippen molar-refractivity contribution in [2.75, 3.05) is 31.9 Å². The van der Waals surface area contributed by atoms with Gasteiger partial charge in [-0.2, -0.15) is 12.6 Å². The number of likely N-dealkylation sites (tertiary alicyclic amines) is 1. The molecule has 0 aromatic rings. The normalized spacial score (nSPS) is 19.1. The van der Waals surface area contributed by atoms with Crippen molar-refractivity contribution in [3.8, 4) is 0 Å². The quantitative estimate of drug-likeness (QED) is 0.671. The van der Waals surface area contributed by atoms with Gasteiger partial charge in [-0.1, -0.05) is 6.92 Å². The number of amides is 1. The molecule has 0 spiro atoms. The molecule has 1 aliphatic rings. The Hall–Kier alpha value is -0.220. The Morgan fingerprint density at radius 2 is 2.13 bits per heavy atom. The van der Waals surface area contributed by atoms with Crippen LogP contribution in [0, 0.1) is 5.92 Å². The van der Waals surface area contributed by atoms with Gasteiger partial charge >= 0.3 is 0 Å². The Bertz CT molecular complexity index is 193. The summed E-state index contributed by atoms with van der Waals surface area (Å²) in [6.45, 7) is 6.56. The van der Waals surface area contributed by atoms with E-state index in [2.05, 4.69) is 29.8 Å². The number of carbonyl (C=O) groups is 1. The van der Waals surface area contributed by atoms with Crippen molar-refractivity contribution in [3.05, 3.63) is 0 Å². The van der Waals surface area contributed by atoms with Crippen LogP contribution in [0.5, 0.6) is 0 Å². The maximum absolute atomic E-state index is 11.2. The molecule has 1 N–H and O–H groups in total. The third-order valence-electron chi connectivity index (χ3n) is 2.76. The van der Waals surface area contributed by atoms with Crippen LogP contribution in [-0.4, -0.2) is 42.7 Å². The SMILES string of the molecule is CC(CNC(=O)CCS)CN1CCCC1. The van der Waals surface area contributed by atoms with Crippen LogP contribution >= 0.6 is 12.6 Å². The predicted molar refractivity (Wildman–Crippen MR) is 66.3 cm³/mol. The first-order valence-corrected chi connectivity index (χ1v) is 6.45. The van der Waals surface area contributed by atoms with Gasteiger partial charge in [-0.25, -0.2) is 0 Å². The van der Waals surface area contributed by atoms with Crippen molar-refractivity contribution >= 4 is 18.5 Å². The summed E-state index contributed by atoms with van der Waals surface area (Å²) in [6.07, 6.45) is 3.19. The lowest BCUT2D eigenvalue weighted by atomic mass is 10.1. The van der Waals surface area contributed by atoms with Gasteiger partial charge < -0.3 is 10.2 Å². The van der Waals surface area contributed by atoms with E-state index in [1.807, 2.05) is 0 Å². The summed E-state index contributed by atoms with van der Waals surface area (Å²) in [5.41, 5.74) is 0. The second-order valence-corrected chi connectivity index (χ2v) is 4.84. The number of nitrogens with zero attached hydrogens (tertiary/aromatic N) is 1. The molecule has 1 heterocycles. The highest BCUT2D eigenvalue weighted by molar-refractivity contribution is 7.80. The van der Waals surface area contributed by atoms with Gasteiger partial charge in [0.25, 0.3) is 0 Å². The molecule has 1 fully saturated rings. The van der Waals surface area contributed by atoms with Gasteiger partial charge in [-0.05, 0) is 37.6 Å². The minimum atomic E-state index is 0.123. The summed E-state index contributed by atoms with van der Waals surface area (Å²) >= 11 is 4.03. The Morgan fingerprint density at radius 3 is 2.73 bits per heavy atom. The molecule has 1 amide bonds. The maximum atomic E-state index is 11.2. The number of nitrogens with one attached hydrogen (secondary N) is 1. The van der Waals surface area contributed by atoms with E-state index in [0.717, 1.165) is 13.1 Å². The molecule has 0 radical (unpaired) electrons. The molecular formula is C11H22N2OS. The fraction of sp³-hybridized carbons (Fsp3) is 0.909. The smallest absolute Gasteiger partial charge is 0.220 e. The van der Waals surface area contributed by atoms with E-state index in [9.17, 15) is 4.79 Å². The van der Waals surface area contributed by atoms with Crippen molar-refractivity contribution in [1.29, 1.82) is 0 Å². The molecule has 1 aliphatic heterocycles. The Kier molecular flexibility index (Phi) is 6.10. The molecule has 0 bridgehead atoms. The van der Waals surface area contributed by atoms with Crippen molar-refractivity contribution in [3.63, 3.8) is 0 Å². The molecule has 0 aliphatic carbocycles. The predicted octanol–water partition coefficient (Wildman–Crippen LogP) is 1.15. The molecule has 1 saturated heterocycles. The van der Waals surface area contributed by atoms with Crippen molar-refractivity contribution in [2.24, 2.45) is 5.92 Å². The molecule has 15 heavy (non-hydrogen) atoms. The van der Waals surface area contributed by atoms with Gasteiger partial charge in [-0.3, -0.25) is 4.79 Å². The second kappa shape index (κ2) is 7.12. The van der Waals surface area contributed by atoms with Gasteiger partial charge in [0.05, 0.1) is 0 Å². The van der Waals surface area contributed by atoms with E-state index in [0.29, 0.717) is 18.1 Å². The summed E-state index contributed by atoms with van der Waals surface area (Å²) in [5, 5.41) is 2.94. The standard InChI is InChI=1S/C11H22N2OS/c1-10(8-12-11(14)4-7-15)9-13-5-2-3-6-13/h10,15H,2-9H2,1H3,(H,12,14). The Labute approximate surface area is 98.0 Å². The summed E-state index contributed by atoms with van der Waals surface area (Å²) < 4.78 is 0. The zero-order chi connectivity index (χ0) is 11.1. The zero-order valence-corrected chi connectivity index (χ0v) is 10.4. The number of thiol groups is 1. The minimum absolute atomic E-state index is 0.123. The fourth-order valence-corrected chi connectivity index (χ4v) is 2.15. The highest BCUT2D eigenvalue weighted by Gasteiger charge is 2.14. The van der Waals surface area contributed by atoms with E-state index in [-0.39, 0.29) is 5.91 Å². The highest BCUT2D eigenvalue weighted by atomic mass is 32.1. The Balaban J connectivity index is 2.07. The molecule has 1 atom stereocenters. The average Bonchev–Trinajstić information content (AvgIpc) is 2.68. The molecular weight excluding hydrogens is 208 g/mol. The summed E-state index contributed by atoms with van der Waals surface area (Å²) in [4.78, 5) is 13.7. The van der Waals surface area contributed by atoms with E-state index in [4.69, 9.17) is 0 Å². The first kappa shape index (κ1) is 12.8. The lowest BCUT2D eigenvalue weighted by Gasteiger charge is -2.20. The highest BCUT2D eigenvalue weighted by Crippen LogP contribution is 2.09. The number of hydrogen-bond donors (Lipinski definition) is 2. The minimum Gasteiger partial charge on any atom is -0.356 e. The third kappa shape index (κ3) is 5.42. The van der Waals surface area contributed by atoms with Crippen LogP contribution in [0.15, 0.2) is 0 Å². The Morgan fingerprint density at radius 1 is 1.47 bits per heavy atom. The van der Waals surface area contributed by atoms with Crippen LogP contribution in [0.4, 0.5) is 0 Å². The molecule has 0 aromatic heterocycles. The van der Waals surface area contributed by atoms with Crippen LogP contribution in [0.2, 0.25) is 0 Å². The van der Waals surface area contributed by atoms with Gasteiger partial charge in [-0.15, -0.1) is 0 Å². The van der Waals surface area contributed by atoms with Gasteiger partial charge in [0, 0.05) is 19.5 Å². The lowest BCUT2D eigenvalue weighted by molar-refractivity contribution is -0.120. The molecule has 0 saturated carbocycles. The zero-order valence-electron chi connectivity index (χ0n) is 9.54. The summed E-state index contributed by atoms with van der Waals surface area (Å²) in [5.74, 6) is 1.30. The number of rotatable bonds is 6. The maximum Gasteiger partial charge on any atom is 0.220 e. The molecule has 0 aromatic carbocycles. The van der Waals surface area contributed by atoms with Gasteiger partial charge in [0.1, 0.15) is 0 Å². The topological polar surface area (TPSA) is 32.3 Å². The second-order valence-electron chi connectivity index (χ2n) is 4.39. The van der Waals surface area contributed by atoms with Crippen LogP contribution < -0.4 is 5.32 Å². The number of carbonyl (C=O) groups excluding carboxylic acids is 1. The van der Waals surface area contributed by atoms with Gasteiger partial charge in [0.15, 0.2) is 0 Å². The lowest BCUT2D eigenvalue weighted by Crippen LogP contribution is -2.34. The van der Waals surface area contributed by atoms with E-state index in [1.165, 1.54) is 25.9 Å². The van der Waals surface area contributed by atoms with Crippen molar-refractivity contribution < 1.29 is 4.79 Å². The summed E-state index contributed by atoms with van der Waals surface area (Å²) in [6, 6.07) is 0. The summed E-state index contributed by atoms with van der Waals surface area (Å²) in [7, 11) is 0. The monoisotopic (exact) mass is 230 g/mol. The van der Waals surface area contributed by atoms with Crippen LogP contribution in [0.25, 0.3) is 0 Å². The van der Waals surface area contributed by atoms with Crippen LogP contribution in [-0.2, 0) is 4.79 Å². The molecule has 88 valence electrons. The van der Waals surface area contributed by atoms with E-state index < -0.39 is 0 Å². The molecule has 4 heteroatoms. The van der Waals surface area contributed by atoms with Crippen molar-refractivity contribution in [2.45, 2.75) is 26.2 Å². The van der Waals surface area contributed by atoms with Crippen LogP contribution in [0.3, 0.4) is 0 Å². The fourth-order valence-electron chi connectivity index (χ4n) is 1.95. The largest absolute Gasteiger partial charge is 0.356 e. The third-order valence-corrected chi connectivity index (χ3v) is 2.98. The number of hydrogen-bond acceptors (Lipinski definition) is 3. The van der Waals surface area contributed by atoms with E-state index >= 15 is 0 Å².